The normalized spacial score (nSPS) is 11.3. The monoisotopic (exact) mass is 399 g/mol. The van der Waals surface area contributed by atoms with E-state index in [0.29, 0.717) is 12.2 Å². The van der Waals surface area contributed by atoms with Crippen molar-refractivity contribution >= 4 is 17.8 Å². The highest BCUT2D eigenvalue weighted by atomic mass is 16.5. The Labute approximate surface area is 170 Å². The highest BCUT2D eigenvalue weighted by molar-refractivity contribution is 5.84. The zero-order chi connectivity index (χ0) is 21.2. The predicted molar refractivity (Wildman–Crippen MR) is 107 cm³/mol. The van der Waals surface area contributed by atoms with Crippen LogP contribution in [0.25, 0.3) is 0 Å². The third kappa shape index (κ3) is 7.29. The molecule has 0 aliphatic heterocycles. The summed E-state index contributed by atoms with van der Waals surface area (Å²) in [4.78, 5) is 35.4. The largest absolute Gasteiger partial charge is 0.497 e. The first kappa shape index (κ1) is 21.9. The molecule has 154 valence electrons. The van der Waals surface area contributed by atoms with Crippen molar-refractivity contribution in [3.05, 3.63) is 59.7 Å². The summed E-state index contributed by atoms with van der Waals surface area (Å²) < 4.78 is 14.9. The van der Waals surface area contributed by atoms with E-state index in [1.807, 2.05) is 24.3 Å². The van der Waals surface area contributed by atoms with Gasteiger partial charge in [-0.05, 0) is 41.8 Å². The summed E-state index contributed by atoms with van der Waals surface area (Å²) >= 11 is 0. The van der Waals surface area contributed by atoms with Crippen LogP contribution in [-0.4, -0.2) is 38.1 Å². The van der Waals surface area contributed by atoms with Crippen LogP contribution in [0.5, 0.6) is 11.5 Å². The number of amides is 1. The minimum atomic E-state index is -0.803. The van der Waals surface area contributed by atoms with E-state index < -0.39 is 18.0 Å². The van der Waals surface area contributed by atoms with Gasteiger partial charge in [0.25, 0.3) is 0 Å². The number of aryl methyl sites for hydroxylation is 1. The quantitative estimate of drug-likeness (QED) is 0.515. The summed E-state index contributed by atoms with van der Waals surface area (Å²) in [6, 6.07) is 13.4. The van der Waals surface area contributed by atoms with E-state index in [0.717, 1.165) is 16.9 Å². The van der Waals surface area contributed by atoms with Crippen LogP contribution in [0.15, 0.2) is 48.5 Å². The smallest absolute Gasteiger partial charge is 0.328 e. The summed E-state index contributed by atoms with van der Waals surface area (Å²) in [5, 5.41) is 2.73. The van der Waals surface area contributed by atoms with E-state index >= 15 is 0 Å². The van der Waals surface area contributed by atoms with Crippen LogP contribution in [-0.2, 0) is 32.0 Å². The minimum absolute atomic E-state index is 0.241. The number of methoxy groups -OCH3 is 2. The van der Waals surface area contributed by atoms with Gasteiger partial charge in [0, 0.05) is 19.8 Å². The second kappa shape index (κ2) is 10.8. The van der Waals surface area contributed by atoms with Gasteiger partial charge in [-0.1, -0.05) is 24.3 Å². The Balaban J connectivity index is 1.94. The van der Waals surface area contributed by atoms with Crippen molar-refractivity contribution < 1.29 is 28.6 Å². The van der Waals surface area contributed by atoms with Crippen LogP contribution >= 0.6 is 0 Å². The fourth-order valence-electron chi connectivity index (χ4n) is 2.75. The van der Waals surface area contributed by atoms with Gasteiger partial charge in [0.05, 0.1) is 14.2 Å². The summed E-state index contributed by atoms with van der Waals surface area (Å²) in [6.45, 7) is 1.32. The molecule has 0 aromatic heterocycles. The summed E-state index contributed by atoms with van der Waals surface area (Å²) in [5.74, 6) is -0.00278. The molecule has 0 radical (unpaired) electrons. The standard InChI is InChI=1S/C22H25NO6/c1-15(24)29-19-11-6-17(7-12-19)14-20(22(26)28-3)23-21(25)13-8-16-4-9-18(27-2)10-5-16/h4-7,9-12,20H,8,13-14H2,1-3H3,(H,23,25). The summed E-state index contributed by atoms with van der Waals surface area (Å²) in [5.41, 5.74) is 1.79. The van der Waals surface area contributed by atoms with Crippen molar-refractivity contribution in [2.45, 2.75) is 32.2 Å². The van der Waals surface area contributed by atoms with Crippen LogP contribution in [0, 0.1) is 0 Å². The van der Waals surface area contributed by atoms with Gasteiger partial charge in [0.15, 0.2) is 0 Å². The van der Waals surface area contributed by atoms with Gasteiger partial charge in [-0.2, -0.15) is 0 Å². The average molecular weight is 399 g/mol. The first-order chi connectivity index (χ1) is 13.9. The van der Waals surface area contributed by atoms with E-state index in [-0.39, 0.29) is 18.7 Å². The minimum Gasteiger partial charge on any atom is -0.497 e. The lowest BCUT2D eigenvalue weighted by atomic mass is 10.0. The molecule has 0 spiro atoms. The Morgan fingerprint density at radius 1 is 0.897 bits per heavy atom. The third-order valence-electron chi connectivity index (χ3n) is 4.25. The molecule has 0 heterocycles. The van der Waals surface area contributed by atoms with Gasteiger partial charge in [-0.25, -0.2) is 4.79 Å². The van der Waals surface area contributed by atoms with Crippen molar-refractivity contribution in [1.29, 1.82) is 0 Å². The molecule has 1 N–H and O–H groups in total. The summed E-state index contributed by atoms with van der Waals surface area (Å²) in [7, 11) is 2.88. The van der Waals surface area contributed by atoms with E-state index in [2.05, 4.69) is 5.32 Å². The van der Waals surface area contributed by atoms with Gasteiger partial charge in [-0.15, -0.1) is 0 Å². The van der Waals surface area contributed by atoms with Gasteiger partial charge in [0.2, 0.25) is 5.91 Å². The molecule has 0 aliphatic carbocycles. The second-order valence-corrected chi connectivity index (χ2v) is 6.43. The number of esters is 2. The number of hydrogen-bond donors (Lipinski definition) is 1. The van der Waals surface area contributed by atoms with Gasteiger partial charge in [0.1, 0.15) is 17.5 Å². The molecule has 7 heteroatoms. The first-order valence-corrected chi connectivity index (χ1v) is 9.18. The summed E-state index contributed by atoms with van der Waals surface area (Å²) in [6.07, 6.45) is 1.05. The second-order valence-electron chi connectivity index (χ2n) is 6.43. The lowest BCUT2D eigenvalue weighted by Crippen LogP contribution is -2.43. The Hall–Kier alpha value is -3.35. The van der Waals surface area contributed by atoms with Crippen molar-refractivity contribution in [2.75, 3.05) is 14.2 Å². The number of carbonyl (C=O) groups is 3. The van der Waals surface area contributed by atoms with E-state index in [4.69, 9.17) is 14.2 Å². The zero-order valence-corrected chi connectivity index (χ0v) is 16.8. The molecule has 2 aromatic rings. The predicted octanol–water partition coefficient (Wildman–Crippen LogP) is 2.45. The topological polar surface area (TPSA) is 90.9 Å². The molecule has 2 aromatic carbocycles. The fourth-order valence-corrected chi connectivity index (χ4v) is 2.75. The molecule has 29 heavy (non-hydrogen) atoms. The van der Waals surface area contributed by atoms with Gasteiger partial charge >= 0.3 is 11.9 Å². The molecule has 1 unspecified atom stereocenters. The maximum atomic E-state index is 12.3. The maximum absolute atomic E-state index is 12.3. The molecule has 0 saturated heterocycles. The average Bonchev–Trinajstić information content (AvgIpc) is 2.72. The molecule has 0 fully saturated rings. The van der Waals surface area contributed by atoms with Crippen LogP contribution in [0.4, 0.5) is 0 Å². The number of benzene rings is 2. The lowest BCUT2D eigenvalue weighted by molar-refractivity contribution is -0.145. The molecule has 0 saturated carbocycles. The number of rotatable bonds is 9. The molecule has 2 rings (SSSR count). The zero-order valence-electron chi connectivity index (χ0n) is 16.8. The maximum Gasteiger partial charge on any atom is 0.328 e. The van der Waals surface area contributed by atoms with E-state index in [1.165, 1.54) is 14.0 Å². The van der Waals surface area contributed by atoms with E-state index in [9.17, 15) is 14.4 Å². The van der Waals surface area contributed by atoms with Crippen molar-refractivity contribution in [3.63, 3.8) is 0 Å². The molecular weight excluding hydrogens is 374 g/mol. The highest BCUT2D eigenvalue weighted by Crippen LogP contribution is 2.15. The number of ether oxygens (including phenoxy) is 3. The van der Waals surface area contributed by atoms with Crippen LogP contribution < -0.4 is 14.8 Å². The number of carbonyl (C=O) groups excluding carboxylic acids is 3. The van der Waals surface area contributed by atoms with Crippen LogP contribution in [0.3, 0.4) is 0 Å². The van der Waals surface area contributed by atoms with Crippen molar-refractivity contribution in [1.82, 2.24) is 5.32 Å². The Morgan fingerprint density at radius 2 is 1.48 bits per heavy atom. The molecular formula is C22H25NO6. The fraction of sp³-hybridized carbons (Fsp3) is 0.318. The molecule has 0 aliphatic rings. The third-order valence-corrected chi connectivity index (χ3v) is 4.25. The molecule has 1 amide bonds. The number of hydrogen-bond acceptors (Lipinski definition) is 6. The Kier molecular flexibility index (Phi) is 8.21. The Morgan fingerprint density at radius 3 is 2.03 bits per heavy atom. The SMILES string of the molecule is COC(=O)C(Cc1ccc(OC(C)=O)cc1)NC(=O)CCc1ccc(OC)cc1. The lowest BCUT2D eigenvalue weighted by Gasteiger charge is -2.17. The highest BCUT2D eigenvalue weighted by Gasteiger charge is 2.22. The van der Waals surface area contributed by atoms with Crippen molar-refractivity contribution in [3.8, 4) is 11.5 Å². The molecule has 1 atom stereocenters. The van der Waals surface area contributed by atoms with Crippen LogP contribution in [0.2, 0.25) is 0 Å². The molecule has 0 bridgehead atoms. The Bertz CT molecular complexity index is 829. The first-order valence-electron chi connectivity index (χ1n) is 9.18. The van der Waals surface area contributed by atoms with Crippen LogP contribution in [0.1, 0.15) is 24.5 Å². The van der Waals surface area contributed by atoms with Gasteiger partial charge in [-0.3, -0.25) is 9.59 Å². The molecule has 7 nitrogen and oxygen atoms in total. The van der Waals surface area contributed by atoms with Gasteiger partial charge < -0.3 is 19.5 Å². The van der Waals surface area contributed by atoms with Crippen molar-refractivity contribution in [2.24, 2.45) is 0 Å². The number of nitrogens with one attached hydrogen (secondary N) is 1. The van der Waals surface area contributed by atoms with E-state index in [1.54, 1.807) is 31.4 Å².